The number of nitrogens with one attached hydrogen (secondary N) is 1. The summed E-state index contributed by atoms with van der Waals surface area (Å²) < 4.78 is 11.2. The zero-order valence-electron chi connectivity index (χ0n) is 59.4. The quantitative estimate of drug-likeness (QED) is 0.0215. The number of amides is 1. The molecule has 1 heterocycles. The molecule has 0 radical (unpaired) electrons. The lowest BCUT2D eigenvalue weighted by Crippen LogP contribution is -2.60. The average molecular weight is 1280 g/mol. The number of ether oxygens (including phenoxy) is 2. The van der Waals surface area contributed by atoms with Crippen molar-refractivity contribution in [1.82, 2.24) is 5.32 Å². The zero-order valence-corrected chi connectivity index (χ0v) is 59.4. The van der Waals surface area contributed by atoms with Crippen molar-refractivity contribution in [2.45, 2.75) is 461 Å². The molecule has 0 spiro atoms. The standard InChI is InChI=1S/C79H153NO10/c1-3-5-7-9-11-13-15-17-19-21-23-25-27-29-31-32-33-34-35-36-37-38-39-41-43-45-47-49-51-53-55-57-59-61-63-65-67-72(83)78(88)80-70(69-89-79-77(87)76(86)75(85)73(68-81)90-79)74(84)71(82)66-64-62-60-58-56-54-52-50-48-46-44-42-40-30-28-26-24-22-20-18-16-14-12-10-8-6-4-2/h34-35,58,60,70-77,79,81-87H,3-33,36-57,59,61-69H2,1-2H3,(H,80,88)/b35-34-,60-58+. The normalized spacial score (nSPS) is 18.5. The van der Waals surface area contributed by atoms with Gasteiger partial charge in [0.05, 0.1) is 25.4 Å². The summed E-state index contributed by atoms with van der Waals surface area (Å²) in [5.41, 5.74) is 0. The van der Waals surface area contributed by atoms with Crippen LogP contribution in [-0.2, 0) is 14.3 Å². The van der Waals surface area contributed by atoms with Crippen molar-refractivity contribution in [2.24, 2.45) is 0 Å². The summed E-state index contributed by atoms with van der Waals surface area (Å²) in [6.45, 7) is 3.52. The van der Waals surface area contributed by atoms with Crippen LogP contribution in [0.5, 0.6) is 0 Å². The third-order valence-corrected chi connectivity index (χ3v) is 19.5. The summed E-state index contributed by atoms with van der Waals surface area (Å²) in [7, 11) is 0. The molecule has 0 aromatic rings. The van der Waals surface area contributed by atoms with Crippen LogP contribution in [0.3, 0.4) is 0 Å². The molecule has 0 bridgehead atoms. The molecule has 1 aliphatic heterocycles. The molecule has 1 saturated heterocycles. The number of rotatable bonds is 71. The van der Waals surface area contributed by atoms with E-state index in [1.807, 2.05) is 0 Å². The second-order valence-electron chi connectivity index (χ2n) is 28.1. The topological polar surface area (TPSA) is 189 Å². The number of aliphatic hydroxyl groups is 7. The second-order valence-corrected chi connectivity index (χ2v) is 28.1. The first-order valence-corrected chi connectivity index (χ1v) is 39.7. The Hall–Kier alpha value is -1.41. The Morgan fingerprint density at radius 2 is 0.656 bits per heavy atom. The summed E-state index contributed by atoms with van der Waals surface area (Å²) in [5, 5.41) is 76.7. The zero-order chi connectivity index (χ0) is 65.3. The highest BCUT2D eigenvalue weighted by atomic mass is 16.7. The van der Waals surface area contributed by atoms with Crippen molar-refractivity contribution in [3.63, 3.8) is 0 Å². The SMILES string of the molecule is CCCCCCCCCCCCCCCCCC/C=C\CCCCCCCCCCCCCCCCCCC(O)C(=O)NC(COC1OC(CO)C(O)C(O)C1O)C(O)C(O)CCC/C=C/CCCCCCCCCCCCCCCCCCCCCCCC. The van der Waals surface area contributed by atoms with E-state index in [0.717, 1.165) is 38.5 Å². The minimum Gasteiger partial charge on any atom is -0.394 e. The average Bonchev–Trinajstić information content (AvgIpc) is 1.44. The Bertz CT molecular complexity index is 1510. The van der Waals surface area contributed by atoms with Crippen molar-refractivity contribution < 1.29 is 50.0 Å². The molecule has 11 nitrogen and oxygen atoms in total. The third kappa shape index (κ3) is 53.8. The van der Waals surface area contributed by atoms with Gasteiger partial charge in [0, 0.05) is 0 Å². The lowest BCUT2D eigenvalue weighted by Gasteiger charge is -2.40. The van der Waals surface area contributed by atoms with Crippen LogP contribution in [0.2, 0.25) is 0 Å². The molecular formula is C79H153NO10. The van der Waals surface area contributed by atoms with E-state index in [9.17, 15) is 40.5 Å². The van der Waals surface area contributed by atoms with Crippen LogP contribution >= 0.6 is 0 Å². The van der Waals surface area contributed by atoms with Crippen LogP contribution in [-0.4, -0.2) is 110 Å². The monoisotopic (exact) mass is 1280 g/mol. The summed E-state index contributed by atoms with van der Waals surface area (Å²) in [6.07, 6.45) is 75.9. The van der Waals surface area contributed by atoms with Crippen molar-refractivity contribution in [1.29, 1.82) is 0 Å². The summed E-state index contributed by atoms with van der Waals surface area (Å²) in [4.78, 5) is 13.3. The van der Waals surface area contributed by atoms with Gasteiger partial charge in [-0.25, -0.2) is 0 Å². The van der Waals surface area contributed by atoms with E-state index < -0.39 is 74.2 Å². The molecule has 90 heavy (non-hydrogen) atoms. The Morgan fingerprint density at radius 3 is 0.956 bits per heavy atom. The molecular weight excluding hydrogens is 1120 g/mol. The Balaban J connectivity index is 2.14. The Morgan fingerprint density at radius 1 is 0.378 bits per heavy atom. The van der Waals surface area contributed by atoms with Crippen LogP contribution < -0.4 is 5.32 Å². The number of hydrogen-bond acceptors (Lipinski definition) is 10. The molecule has 1 aliphatic rings. The van der Waals surface area contributed by atoms with Crippen LogP contribution in [0.1, 0.15) is 406 Å². The van der Waals surface area contributed by atoms with Gasteiger partial charge in [0.15, 0.2) is 6.29 Å². The maximum atomic E-state index is 13.3. The van der Waals surface area contributed by atoms with E-state index in [4.69, 9.17) is 9.47 Å². The predicted octanol–water partition coefficient (Wildman–Crippen LogP) is 20.3. The molecule has 11 heteroatoms. The van der Waals surface area contributed by atoms with E-state index in [1.165, 1.54) is 327 Å². The maximum absolute atomic E-state index is 13.3. The van der Waals surface area contributed by atoms with E-state index >= 15 is 0 Å². The van der Waals surface area contributed by atoms with Gasteiger partial charge in [0.2, 0.25) is 5.91 Å². The third-order valence-electron chi connectivity index (χ3n) is 19.5. The minimum absolute atomic E-state index is 0.258. The lowest BCUT2D eigenvalue weighted by molar-refractivity contribution is -0.303. The first kappa shape index (κ1) is 86.6. The Labute approximate surface area is 556 Å². The maximum Gasteiger partial charge on any atom is 0.249 e. The highest BCUT2D eigenvalue weighted by Gasteiger charge is 2.44. The van der Waals surface area contributed by atoms with Crippen molar-refractivity contribution in [3.05, 3.63) is 24.3 Å². The van der Waals surface area contributed by atoms with Crippen molar-refractivity contribution in [3.8, 4) is 0 Å². The number of aliphatic hydroxyl groups excluding tert-OH is 7. The van der Waals surface area contributed by atoms with Gasteiger partial charge >= 0.3 is 0 Å². The van der Waals surface area contributed by atoms with Gasteiger partial charge in [0.1, 0.15) is 36.6 Å². The molecule has 1 rings (SSSR count). The summed E-state index contributed by atoms with van der Waals surface area (Å²) in [5.74, 6) is -0.698. The van der Waals surface area contributed by atoms with Gasteiger partial charge in [-0.1, -0.05) is 366 Å². The first-order chi connectivity index (χ1) is 44.2. The number of carbonyl (C=O) groups excluding carboxylic acids is 1. The van der Waals surface area contributed by atoms with E-state index in [1.54, 1.807) is 0 Å². The fourth-order valence-corrected chi connectivity index (χ4v) is 13.2. The molecule has 9 atom stereocenters. The van der Waals surface area contributed by atoms with Gasteiger partial charge in [-0.2, -0.15) is 0 Å². The van der Waals surface area contributed by atoms with Gasteiger partial charge in [0.25, 0.3) is 0 Å². The molecule has 0 aliphatic carbocycles. The van der Waals surface area contributed by atoms with Crippen LogP contribution in [0, 0.1) is 0 Å². The largest absolute Gasteiger partial charge is 0.394 e. The van der Waals surface area contributed by atoms with E-state index in [0.29, 0.717) is 12.8 Å². The predicted molar refractivity (Wildman–Crippen MR) is 381 cm³/mol. The second kappa shape index (κ2) is 67.6. The highest BCUT2D eigenvalue weighted by molar-refractivity contribution is 5.80. The smallest absolute Gasteiger partial charge is 0.249 e. The molecule has 0 saturated carbocycles. The van der Waals surface area contributed by atoms with E-state index in [2.05, 4.69) is 43.5 Å². The molecule has 1 fully saturated rings. The lowest BCUT2D eigenvalue weighted by atomic mass is 9.98. The Kier molecular flexibility index (Phi) is 65.0. The van der Waals surface area contributed by atoms with Gasteiger partial charge < -0.3 is 50.5 Å². The number of allylic oxidation sites excluding steroid dienone is 4. The molecule has 0 aromatic carbocycles. The molecule has 0 aromatic heterocycles. The van der Waals surface area contributed by atoms with Gasteiger partial charge in [-0.05, 0) is 64.2 Å². The minimum atomic E-state index is -1.67. The fraction of sp³-hybridized carbons (Fsp3) is 0.937. The van der Waals surface area contributed by atoms with Crippen LogP contribution in [0.4, 0.5) is 0 Å². The van der Waals surface area contributed by atoms with Gasteiger partial charge in [-0.3, -0.25) is 4.79 Å². The van der Waals surface area contributed by atoms with Crippen LogP contribution in [0.25, 0.3) is 0 Å². The van der Waals surface area contributed by atoms with Crippen molar-refractivity contribution >= 4 is 5.91 Å². The summed E-state index contributed by atoms with van der Waals surface area (Å²) >= 11 is 0. The molecule has 8 N–H and O–H groups in total. The highest BCUT2D eigenvalue weighted by Crippen LogP contribution is 2.24. The van der Waals surface area contributed by atoms with Gasteiger partial charge in [-0.15, -0.1) is 0 Å². The first-order valence-electron chi connectivity index (χ1n) is 39.7. The molecule has 9 unspecified atom stereocenters. The fourth-order valence-electron chi connectivity index (χ4n) is 13.2. The van der Waals surface area contributed by atoms with Crippen molar-refractivity contribution in [2.75, 3.05) is 13.2 Å². The molecule has 534 valence electrons. The summed E-state index contributed by atoms with van der Waals surface area (Å²) in [6, 6.07) is -1.19. The molecule has 1 amide bonds. The van der Waals surface area contributed by atoms with E-state index in [-0.39, 0.29) is 12.8 Å². The van der Waals surface area contributed by atoms with Crippen LogP contribution in [0.15, 0.2) is 24.3 Å². The number of hydrogen-bond donors (Lipinski definition) is 8. The number of carbonyl (C=O) groups is 1. The number of unbranched alkanes of at least 4 members (excludes halogenated alkanes) is 55.